The second kappa shape index (κ2) is 5.71. The average molecular weight is 364 g/mol. The molecule has 0 saturated carbocycles. The third-order valence-electron chi connectivity index (χ3n) is 2.46. The zero-order chi connectivity index (χ0) is 15.8. The van der Waals surface area contributed by atoms with Crippen LogP contribution in [-0.2, 0) is 6.18 Å². The van der Waals surface area contributed by atoms with Crippen molar-refractivity contribution >= 4 is 46.9 Å². The molecule has 0 aromatic heterocycles. The van der Waals surface area contributed by atoms with Gasteiger partial charge in [0.15, 0.2) is 0 Å². The number of hydrogen-bond acceptors (Lipinski definition) is 3. The van der Waals surface area contributed by atoms with Crippen molar-refractivity contribution in [3.63, 3.8) is 0 Å². The molecule has 1 fully saturated rings. The standard InChI is InChI=1S/C10H7Cl2F4N3OS/c11-10(12,16)21-19-8(20)18(5-17-19)7-3-1-2-6(4-7)9(13,14)15/h1-4,17H,5H2. The predicted molar refractivity (Wildman–Crippen MR) is 72.3 cm³/mol. The average Bonchev–Trinajstić information content (AvgIpc) is 2.68. The van der Waals surface area contributed by atoms with E-state index in [-0.39, 0.29) is 24.3 Å². The summed E-state index contributed by atoms with van der Waals surface area (Å²) in [6, 6.07) is 3.41. The first-order valence-electron chi connectivity index (χ1n) is 5.36. The Balaban J connectivity index is 2.19. The number of anilines is 1. The third-order valence-corrected chi connectivity index (χ3v) is 3.55. The SMILES string of the molecule is O=C1N(SC(F)(Cl)Cl)NCN1c1cccc(C(F)(F)F)c1. The van der Waals surface area contributed by atoms with Crippen molar-refractivity contribution in [1.29, 1.82) is 0 Å². The highest BCUT2D eigenvalue weighted by atomic mass is 35.5. The van der Waals surface area contributed by atoms with Gasteiger partial charge in [0.1, 0.15) is 0 Å². The number of urea groups is 1. The lowest BCUT2D eigenvalue weighted by Gasteiger charge is -2.19. The highest BCUT2D eigenvalue weighted by Crippen LogP contribution is 2.39. The van der Waals surface area contributed by atoms with Crippen LogP contribution < -0.4 is 10.3 Å². The van der Waals surface area contributed by atoms with Crippen LogP contribution in [0.2, 0.25) is 0 Å². The molecule has 0 bridgehead atoms. The van der Waals surface area contributed by atoms with E-state index in [1.165, 1.54) is 12.1 Å². The van der Waals surface area contributed by atoms with Crippen molar-refractivity contribution in [3.8, 4) is 0 Å². The number of nitrogens with zero attached hydrogens (tertiary/aromatic N) is 2. The number of carbonyl (C=O) groups is 1. The Morgan fingerprint density at radius 2 is 1.90 bits per heavy atom. The molecule has 4 nitrogen and oxygen atoms in total. The van der Waals surface area contributed by atoms with E-state index >= 15 is 0 Å². The van der Waals surface area contributed by atoms with Crippen LogP contribution in [0.5, 0.6) is 0 Å². The van der Waals surface area contributed by atoms with Gasteiger partial charge in [0, 0.05) is 17.6 Å². The van der Waals surface area contributed by atoms with Gasteiger partial charge in [-0.3, -0.25) is 4.90 Å². The second-order valence-corrected chi connectivity index (χ2v) is 6.70. The third kappa shape index (κ3) is 4.06. The molecule has 1 heterocycles. The van der Waals surface area contributed by atoms with E-state index in [1.807, 2.05) is 0 Å². The Morgan fingerprint density at radius 3 is 2.48 bits per heavy atom. The topological polar surface area (TPSA) is 35.6 Å². The lowest BCUT2D eigenvalue weighted by Crippen LogP contribution is -2.31. The van der Waals surface area contributed by atoms with Crippen molar-refractivity contribution in [2.75, 3.05) is 11.6 Å². The first-order chi connectivity index (χ1) is 9.58. The normalized spacial score (nSPS) is 16.8. The lowest BCUT2D eigenvalue weighted by atomic mass is 10.2. The fraction of sp³-hybridized carbons (Fsp3) is 0.300. The number of rotatable bonds is 3. The maximum Gasteiger partial charge on any atom is 0.416 e. The zero-order valence-corrected chi connectivity index (χ0v) is 12.3. The molecule has 1 aromatic carbocycles. The minimum Gasteiger partial charge on any atom is -0.278 e. The summed E-state index contributed by atoms with van der Waals surface area (Å²) in [5, 5.41) is 0. The van der Waals surface area contributed by atoms with Crippen LogP contribution in [0.3, 0.4) is 0 Å². The van der Waals surface area contributed by atoms with Crippen molar-refractivity contribution < 1.29 is 22.4 Å². The number of nitrogens with one attached hydrogen (secondary N) is 1. The summed E-state index contributed by atoms with van der Waals surface area (Å²) in [5.74, 6) is 0. The quantitative estimate of drug-likeness (QED) is 0.498. The molecule has 1 aliphatic heterocycles. The monoisotopic (exact) mass is 363 g/mol. The maximum atomic E-state index is 13.1. The number of hydrazine groups is 1. The van der Waals surface area contributed by atoms with E-state index in [4.69, 9.17) is 23.2 Å². The Bertz CT molecular complexity index is 552. The summed E-state index contributed by atoms with van der Waals surface area (Å²) < 4.78 is 48.9. The van der Waals surface area contributed by atoms with Crippen LogP contribution in [0, 0.1) is 0 Å². The molecule has 2 rings (SSSR count). The van der Waals surface area contributed by atoms with E-state index in [9.17, 15) is 22.4 Å². The molecule has 11 heteroatoms. The molecule has 1 aliphatic rings. The molecule has 1 N–H and O–H groups in total. The van der Waals surface area contributed by atoms with Crippen LogP contribution >= 0.6 is 35.1 Å². The summed E-state index contributed by atoms with van der Waals surface area (Å²) in [4.78, 5) is 12.9. The number of halogens is 6. The van der Waals surface area contributed by atoms with Gasteiger partial charge in [-0.1, -0.05) is 29.3 Å². The fourth-order valence-corrected chi connectivity index (χ4v) is 2.53. The van der Waals surface area contributed by atoms with Gasteiger partial charge in [-0.15, -0.1) is 0 Å². The highest BCUT2D eigenvalue weighted by Gasteiger charge is 2.38. The first-order valence-corrected chi connectivity index (χ1v) is 6.89. The molecular formula is C10H7Cl2F4N3OS. The van der Waals surface area contributed by atoms with Gasteiger partial charge in [-0.2, -0.15) is 27.4 Å². The van der Waals surface area contributed by atoms with Crippen LogP contribution in [0.4, 0.5) is 28.0 Å². The van der Waals surface area contributed by atoms with Gasteiger partial charge in [-0.05, 0) is 18.2 Å². The summed E-state index contributed by atoms with van der Waals surface area (Å²) in [6.07, 6.45) is -4.53. The number of carbonyl (C=O) groups excluding carboxylic acids is 1. The van der Waals surface area contributed by atoms with Crippen LogP contribution in [0.25, 0.3) is 0 Å². The van der Waals surface area contributed by atoms with E-state index in [0.29, 0.717) is 4.41 Å². The number of hydrogen-bond donors (Lipinski definition) is 1. The summed E-state index contributed by atoms with van der Waals surface area (Å²) >= 11 is 10.4. The molecular weight excluding hydrogens is 357 g/mol. The van der Waals surface area contributed by atoms with E-state index in [2.05, 4.69) is 5.43 Å². The molecule has 0 atom stereocenters. The van der Waals surface area contributed by atoms with Gasteiger partial charge in [0.25, 0.3) is 0 Å². The summed E-state index contributed by atoms with van der Waals surface area (Å²) in [5.41, 5.74) is 1.57. The molecule has 0 spiro atoms. The van der Waals surface area contributed by atoms with Crippen molar-refractivity contribution in [2.24, 2.45) is 0 Å². The Morgan fingerprint density at radius 1 is 1.24 bits per heavy atom. The van der Waals surface area contributed by atoms with Crippen molar-refractivity contribution in [3.05, 3.63) is 29.8 Å². The molecule has 21 heavy (non-hydrogen) atoms. The maximum absolute atomic E-state index is 13.1. The van der Waals surface area contributed by atoms with Gasteiger partial charge < -0.3 is 0 Å². The van der Waals surface area contributed by atoms with E-state index in [0.717, 1.165) is 17.0 Å². The fourth-order valence-electron chi connectivity index (χ4n) is 1.61. The minimum absolute atomic E-state index is 0.0130. The minimum atomic E-state index is -4.53. The van der Waals surface area contributed by atoms with E-state index in [1.54, 1.807) is 0 Å². The molecule has 116 valence electrons. The molecule has 0 radical (unpaired) electrons. The van der Waals surface area contributed by atoms with Gasteiger partial charge in [-0.25, -0.2) is 4.79 Å². The number of alkyl halides is 6. The molecule has 0 unspecified atom stereocenters. The molecule has 2 amide bonds. The van der Waals surface area contributed by atoms with Crippen LogP contribution in [-0.4, -0.2) is 21.0 Å². The number of amides is 2. The summed E-state index contributed by atoms with van der Waals surface area (Å²) in [7, 11) is 0. The summed E-state index contributed by atoms with van der Waals surface area (Å²) in [6.45, 7) is -0.142. The van der Waals surface area contributed by atoms with E-state index < -0.39 is 21.7 Å². The smallest absolute Gasteiger partial charge is 0.278 e. The Hall–Kier alpha value is -0.900. The molecule has 1 saturated heterocycles. The molecule has 0 aliphatic carbocycles. The Kier molecular flexibility index (Phi) is 4.48. The number of benzene rings is 1. The van der Waals surface area contributed by atoms with Gasteiger partial charge in [0.2, 0.25) is 0 Å². The Labute approximate surface area is 131 Å². The second-order valence-electron chi connectivity index (χ2n) is 3.91. The van der Waals surface area contributed by atoms with Crippen LogP contribution in [0.1, 0.15) is 5.56 Å². The highest BCUT2D eigenvalue weighted by molar-refractivity contribution is 8.01. The molecule has 1 aromatic rings. The van der Waals surface area contributed by atoms with Crippen molar-refractivity contribution in [2.45, 2.75) is 10.1 Å². The lowest BCUT2D eigenvalue weighted by molar-refractivity contribution is -0.137. The van der Waals surface area contributed by atoms with Gasteiger partial charge in [0.05, 0.1) is 12.2 Å². The predicted octanol–water partition coefficient (Wildman–Crippen LogP) is 4.12. The zero-order valence-electron chi connectivity index (χ0n) is 10.00. The first kappa shape index (κ1) is 16.5. The van der Waals surface area contributed by atoms with Gasteiger partial charge >= 0.3 is 16.1 Å². The van der Waals surface area contributed by atoms with Crippen molar-refractivity contribution in [1.82, 2.24) is 9.84 Å². The van der Waals surface area contributed by atoms with Crippen LogP contribution in [0.15, 0.2) is 24.3 Å². The largest absolute Gasteiger partial charge is 0.416 e.